The van der Waals surface area contributed by atoms with Gasteiger partial charge in [0.2, 0.25) is 5.91 Å². The van der Waals surface area contributed by atoms with Crippen molar-refractivity contribution >= 4 is 5.91 Å². The average molecular weight is 265 g/mol. The first-order valence-corrected chi connectivity index (χ1v) is 7.30. The van der Waals surface area contributed by atoms with Crippen LogP contribution in [0.25, 0.3) is 0 Å². The van der Waals surface area contributed by atoms with Crippen molar-refractivity contribution in [3.8, 4) is 12.3 Å². The zero-order valence-corrected chi connectivity index (χ0v) is 12.2. The van der Waals surface area contributed by atoms with Gasteiger partial charge in [-0.2, -0.15) is 0 Å². The third kappa shape index (κ3) is 4.52. The lowest BCUT2D eigenvalue weighted by Crippen LogP contribution is -2.51. The molecule has 4 heteroatoms. The number of terminal acetylenes is 1. The predicted octanol–water partition coefficient (Wildman–Crippen LogP) is 0.965. The van der Waals surface area contributed by atoms with Gasteiger partial charge in [-0.25, -0.2) is 0 Å². The van der Waals surface area contributed by atoms with Gasteiger partial charge in [-0.1, -0.05) is 19.8 Å². The van der Waals surface area contributed by atoms with E-state index in [9.17, 15) is 4.79 Å². The summed E-state index contributed by atoms with van der Waals surface area (Å²) in [5.41, 5.74) is 5.22. The zero-order valence-electron chi connectivity index (χ0n) is 12.2. The van der Waals surface area contributed by atoms with Crippen molar-refractivity contribution < 1.29 is 4.79 Å². The highest BCUT2D eigenvalue weighted by molar-refractivity contribution is 5.79. The highest BCUT2D eigenvalue weighted by atomic mass is 16.2. The number of amides is 1. The molecule has 0 saturated carbocycles. The second-order valence-electron chi connectivity index (χ2n) is 5.46. The summed E-state index contributed by atoms with van der Waals surface area (Å²) in [4.78, 5) is 14.3. The van der Waals surface area contributed by atoms with Crippen molar-refractivity contribution in [2.75, 3.05) is 26.2 Å². The molecule has 0 spiro atoms. The number of carbonyl (C=O) groups excluding carboxylic acids is 1. The Kier molecular flexibility index (Phi) is 6.33. The van der Waals surface area contributed by atoms with Crippen molar-refractivity contribution in [3.05, 3.63) is 0 Å². The van der Waals surface area contributed by atoms with Gasteiger partial charge >= 0.3 is 0 Å². The van der Waals surface area contributed by atoms with E-state index in [1.807, 2.05) is 13.8 Å². The Hall–Kier alpha value is -1.05. The zero-order chi connectivity index (χ0) is 14.3. The number of hydrogen-bond donors (Lipinski definition) is 2. The van der Waals surface area contributed by atoms with Gasteiger partial charge in [0.1, 0.15) is 5.54 Å². The van der Waals surface area contributed by atoms with Crippen LogP contribution in [-0.4, -0.2) is 42.5 Å². The van der Waals surface area contributed by atoms with Crippen LogP contribution in [0.3, 0.4) is 0 Å². The van der Waals surface area contributed by atoms with E-state index in [0.29, 0.717) is 19.0 Å². The third-order valence-corrected chi connectivity index (χ3v) is 4.17. The van der Waals surface area contributed by atoms with Gasteiger partial charge in [-0.15, -0.1) is 6.42 Å². The molecule has 1 rings (SSSR count). The van der Waals surface area contributed by atoms with Crippen LogP contribution in [0.15, 0.2) is 0 Å². The predicted molar refractivity (Wildman–Crippen MR) is 78.5 cm³/mol. The molecule has 1 saturated heterocycles. The van der Waals surface area contributed by atoms with E-state index >= 15 is 0 Å². The molecule has 1 aliphatic heterocycles. The van der Waals surface area contributed by atoms with E-state index in [0.717, 1.165) is 32.4 Å². The van der Waals surface area contributed by atoms with Crippen molar-refractivity contribution in [1.29, 1.82) is 0 Å². The summed E-state index contributed by atoms with van der Waals surface area (Å²) < 4.78 is 0. The number of piperidine rings is 1. The molecule has 0 aliphatic carbocycles. The molecular weight excluding hydrogens is 238 g/mol. The number of nitrogens with zero attached hydrogens (tertiary/aromatic N) is 1. The molecule has 1 fully saturated rings. The average Bonchev–Trinajstić information content (AvgIpc) is 2.45. The minimum atomic E-state index is -0.486. The van der Waals surface area contributed by atoms with Gasteiger partial charge in [0.15, 0.2) is 0 Å². The second kappa shape index (κ2) is 7.52. The summed E-state index contributed by atoms with van der Waals surface area (Å²) in [6.45, 7) is 7.05. The maximum absolute atomic E-state index is 12.1. The summed E-state index contributed by atoms with van der Waals surface area (Å²) in [5.74, 6) is 3.28. The van der Waals surface area contributed by atoms with Crippen molar-refractivity contribution in [2.24, 2.45) is 11.7 Å². The Morgan fingerprint density at radius 1 is 1.53 bits per heavy atom. The summed E-state index contributed by atoms with van der Waals surface area (Å²) in [6, 6.07) is 0. The fraction of sp³-hybridized carbons (Fsp3) is 0.800. The minimum Gasteiger partial charge on any atom is -0.339 e. The second-order valence-corrected chi connectivity index (χ2v) is 5.46. The lowest BCUT2D eigenvalue weighted by Gasteiger charge is -2.33. The van der Waals surface area contributed by atoms with Crippen LogP contribution in [-0.2, 0) is 4.79 Å². The number of likely N-dealkylation sites (tertiary alicyclic amines) is 1. The summed E-state index contributed by atoms with van der Waals surface area (Å²) in [5, 5.41) is 3.01. The van der Waals surface area contributed by atoms with Crippen molar-refractivity contribution in [2.45, 2.75) is 45.1 Å². The standard InChI is InChI=1S/C15H27N3O/c1-4-15(5-2,6-3)17-14(19)12-18-9-7-8-13(10-16)11-18/h1,13H,5-12,16H2,2-3H3,(H,17,19). The Balaban J connectivity index is 2.49. The first kappa shape index (κ1) is 16.0. The molecule has 3 N–H and O–H groups in total. The van der Waals surface area contributed by atoms with Gasteiger partial charge in [0.05, 0.1) is 6.54 Å². The highest BCUT2D eigenvalue weighted by Gasteiger charge is 2.27. The molecule has 1 atom stereocenters. The molecule has 0 aromatic carbocycles. The van der Waals surface area contributed by atoms with Gasteiger partial charge in [0.25, 0.3) is 0 Å². The fourth-order valence-corrected chi connectivity index (χ4v) is 2.66. The Morgan fingerprint density at radius 2 is 2.21 bits per heavy atom. The van der Waals surface area contributed by atoms with Gasteiger partial charge < -0.3 is 11.1 Å². The quantitative estimate of drug-likeness (QED) is 0.704. The molecule has 108 valence electrons. The highest BCUT2D eigenvalue weighted by Crippen LogP contribution is 2.16. The maximum atomic E-state index is 12.1. The summed E-state index contributed by atoms with van der Waals surface area (Å²) in [7, 11) is 0. The summed E-state index contributed by atoms with van der Waals surface area (Å²) in [6.07, 6.45) is 9.38. The van der Waals surface area contributed by atoms with Crippen LogP contribution in [0, 0.1) is 18.3 Å². The van der Waals surface area contributed by atoms with Crippen LogP contribution in [0.4, 0.5) is 0 Å². The van der Waals surface area contributed by atoms with E-state index in [1.165, 1.54) is 6.42 Å². The molecule has 1 unspecified atom stereocenters. The number of rotatable bonds is 6. The largest absolute Gasteiger partial charge is 0.339 e. The van der Waals surface area contributed by atoms with Gasteiger partial charge in [0, 0.05) is 6.54 Å². The molecular formula is C15H27N3O. The smallest absolute Gasteiger partial charge is 0.235 e. The molecule has 0 radical (unpaired) electrons. The van der Waals surface area contributed by atoms with Crippen molar-refractivity contribution in [1.82, 2.24) is 10.2 Å². The summed E-state index contributed by atoms with van der Waals surface area (Å²) >= 11 is 0. The Bertz CT molecular complexity index is 331. The molecule has 19 heavy (non-hydrogen) atoms. The van der Waals surface area contributed by atoms with E-state index < -0.39 is 5.54 Å². The molecule has 1 amide bonds. The van der Waals surface area contributed by atoms with Crippen molar-refractivity contribution in [3.63, 3.8) is 0 Å². The van der Waals surface area contributed by atoms with Crippen LogP contribution in [0.2, 0.25) is 0 Å². The maximum Gasteiger partial charge on any atom is 0.235 e. The first-order chi connectivity index (χ1) is 9.09. The SMILES string of the molecule is C#CC(CC)(CC)NC(=O)CN1CCCC(CN)C1. The van der Waals surface area contributed by atoms with E-state index in [1.54, 1.807) is 0 Å². The first-order valence-electron chi connectivity index (χ1n) is 7.30. The lowest BCUT2D eigenvalue weighted by molar-refractivity contribution is -0.124. The molecule has 0 bridgehead atoms. The van der Waals surface area contributed by atoms with Crippen LogP contribution >= 0.6 is 0 Å². The molecule has 4 nitrogen and oxygen atoms in total. The normalized spacial score (nSPS) is 20.8. The minimum absolute atomic E-state index is 0.0271. The number of nitrogens with one attached hydrogen (secondary N) is 1. The molecule has 0 aromatic heterocycles. The molecule has 1 heterocycles. The number of hydrogen-bond acceptors (Lipinski definition) is 3. The number of carbonyl (C=O) groups is 1. The third-order valence-electron chi connectivity index (χ3n) is 4.17. The van der Waals surface area contributed by atoms with Crippen LogP contribution < -0.4 is 11.1 Å². The van der Waals surface area contributed by atoms with E-state index in [2.05, 4.69) is 16.1 Å². The monoisotopic (exact) mass is 265 g/mol. The van der Waals surface area contributed by atoms with E-state index in [4.69, 9.17) is 12.2 Å². The van der Waals surface area contributed by atoms with Gasteiger partial charge in [-0.3, -0.25) is 9.69 Å². The molecule has 0 aromatic rings. The van der Waals surface area contributed by atoms with Crippen LogP contribution in [0.5, 0.6) is 0 Å². The molecule has 1 aliphatic rings. The Morgan fingerprint density at radius 3 is 2.74 bits per heavy atom. The van der Waals surface area contributed by atoms with E-state index in [-0.39, 0.29) is 5.91 Å². The van der Waals surface area contributed by atoms with Crippen LogP contribution in [0.1, 0.15) is 39.5 Å². The topological polar surface area (TPSA) is 58.4 Å². The number of nitrogens with two attached hydrogens (primary N) is 1. The lowest BCUT2D eigenvalue weighted by atomic mass is 9.93. The Labute approximate surface area is 117 Å². The fourth-order valence-electron chi connectivity index (χ4n) is 2.66. The van der Waals surface area contributed by atoms with Gasteiger partial charge in [-0.05, 0) is 44.7 Å².